The highest BCUT2D eigenvalue weighted by molar-refractivity contribution is 7.89. The van der Waals surface area contributed by atoms with Gasteiger partial charge in [0.15, 0.2) is 11.5 Å². The monoisotopic (exact) mass is 448 g/mol. The summed E-state index contributed by atoms with van der Waals surface area (Å²) in [7, 11) is -3.68. The number of hydrogen-bond acceptors (Lipinski definition) is 6. The molecule has 1 N–H and O–H groups in total. The molecule has 1 atom stereocenters. The lowest BCUT2D eigenvalue weighted by Gasteiger charge is -2.21. The normalized spacial score (nSPS) is 20.1. The first-order valence-corrected chi connectivity index (χ1v) is 11.5. The largest absolute Gasteiger partial charge is 0.486 e. The number of likely N-dealkylation sites (tertiary alicyclic amines) is 1. The summed E-state index contributed by atoms with van der Waals surface area (Å²) < 4.78 is 39.5. The predicted molar refractivity (Wildman–Crippen MR) is 106 cm³/mol. The van der Waals surface area contributed by atoms with Gasteiger partial charge in [-0.2, -0.15) is 0 Å². The van der Waals surface area contributed by atoms with Crippen molar-refractivity contribution in [1.82, 2.24) is 9.62 Å². The molecule has 0 spiro atoms. The van der Waals surface area contributed by atoms with E-state index in [1.54, 1.807) is 0 Å². The van der Waals surface area contributed by atoms with Gasteiger partial charge in [-0.3, -0.25) is 4.90 Å². The molecule has 2 aromatic rings. The lowest BCUT2D eigenvalue weighted by atomic mass is 10.2. The molecule has 0 aliphatic carbocycles. The van der Waals surface area contributed by atoms with E-state index in [0.717, 1.165) is 47.9 Å². The van der Waals surface area contributed by atoms with Crippen molar-refractivity contribution >= 4 is 44.6 Å². The Morgan fingerprint density at radius 2 is 1.96 bits per heavy atom. The molecule has 6 nitrogen and oxygen atoms in total. The Kier molecular flexibility index (Phi) is 5.55. The fraction of sp³-hybridized carbons (Fsp3) is 0.412. The zero-order valence-electron chi connectivity index (χ0n) is 14.3. The third-order valence-electron chi connectivity index (χ3n) is 4.52. The molecule has 10 heteroatoms. The topological polar surface area (TPSA) is 67.9 Å². The maximum absolute atomic E-state index is 12.6. The van der Waals surface area contributed by atoms with Crippen molar-refractivity contribution in [3.05, 3.63) is 38.5 Å². The molecule has 3 heterocycles. The Balaban J connectivity index is 1.38. The maximum atomic E-state index is 12.6. The second kappa shape index (κ2) is 7.77. The van der Waals surface area contributed by atoms with Gasteiger partial charge < -0.3 is 9.47 Å². The number of sulfonamides is 1. The molecule has 1 aromatic heterocycles. The highest BCUT2D eigenvalue weighted by atomic mass is 35.5. The minimum Gasteiger partial charge on any atom is -0.486 e. The Bertz CT molecular complexity index is 948. The smallest absolute Gasteiger partial charge is 0.243 e. The van der Waals surface area contributed by atoms with Crippen LogP contribution in [0.25, 0.3) is 0 Å². The van der Waals surface area contributed by atoms with Gasteiger partial charge in [0.25, 0.3) is 0 Å². The fourth-order valence-electron chi connectivity index (χ4n) is 3.31. The number of hydrogen-bond donors (Lipinski definition) is 1. The van der Waals surface area contributed by atoms with Gasteiger partial charge in [0.1, 0.15) is 22.4 Å². The van der Waals surface area contributed by atoms with Crippen molar-refractivity contribution in [3.8, 4) is 11.5 Å². The molecule has 0 bridgehead atoms. The minimum absolute atomic E-state index is 0.0458. The molecule has 1 saturated heterocycles. The Morgan fingerprint density at radius 3 is 2.70 bits per heavy atom. The van der Waals surface area contributed by atoms with E-state index in [2.05, 4.69) is 9.62 Å². The molecule has 1 unspecified atom stereocenters. The lowest BCUT2D eigenvalue weighted by molar-refractivity contribution is 0.171. The third-order valence-corrected chi connectivity index (χ3v) is 7.80. The van der Waals surface area contributed by atoms with Gasteiger partial charge in [0.05, 0.1) is 4.34 Å². The second-order valence-electron chi connectivity index (χ2n) is 6.51. The van der Waals surface area contributed by atoms with E-state index >= 15 is 0 Å². The van der Waals surface area contributed by atoms with Crippen LogP contribution in [0.1, 0.15) is 12.0 Å². The summed E-state index contributed by atoms with van der Waals surface area (Å²) in [5.74, 6) is 1.53. The van der Waals surface area contributed by atoms with Gasteiger partial charge in [-0.25, -0.2) is 13.1 Å². The van der Waals surface area contributed by atoms with E-state index in [0.29, 0.717) is 24.1 Å². The molecule has 146 valence electrons. The maximum Gasteiger partial charge on any atom is 0.243 e. The summed E-state index contributed by atoms with van der Waals surface area (Å²) >= 11 is 12.9. The Hall–Kier alpha value is -1.03. The molecule has 0 saturated carbocycles. The van der Waals surface area contributed by atoms with Crippen LogP contribution >= 0.6 is 34.5 Å². The van der Waals surface area contributed by atoms with Crippen molar-refractivity contribution in [2.75, 3.05) is 26.3 Å². The van der Waals surface area contributed by atoms with Crippen LogP contribution in [-0.2, 0) is 16.6 Å². The first kappa shape index (κ1) is 19.3. The molecule has 0 radical (unpaired) electrons. The molecule has 4 rings (SSSR count). The number of fused-ring (bicyclic) bond motifs is 1. The number of rotatable bonds is 5. The molecule has 27 heavy (non-hydrogen) atoms. The van der Waals surface area contributed by atoms with Crippen LogP contribution in [0, 0.1) is 0 Å². The highest BCUT2D eigenvalue weighted by Crippen LogP contribution is 2.35. The van der Waals surface area contributed by atoms with Crippen LogP contribution in [-0.4, -0.2) is 45.7 Å². The van der Waals surface area contributed by atoms with Crippen molar-refractivity contribution in [2.45, 2.75) is 23.9 Å². The number of ether oxygens (including phenoxy) is 2. The van der Waals surface area contributed by atoms with E-state index in [1.165, 1.54) is 6.07 Å². The Labute approximate surface area is 172 Å². The number of thiophene rings is 1. The summed E-state index contributed by atoms with van der Waals surface area (Å²) in [6, 6.07) is 7.14. The summed E-state index contributed by atoms with van der Waals surface area (Å²) in [5, 5.41) is 0. The van der Waals surface area contributed by atoms with E-state index in [9.17, 15) is 8.42 Å². The predicted octanol–water partition coefficient (Wildman–Crippen LogP) is 3.38. The molecular formula is C17H18Cl2N2O4S2. The quantitative estimate of drug-likeness (QED) is 0.758. The van der Waals surface area contributed by atoms with Crippen LogP contribution < -0.4 is 14.2 Å². The fourth-order valence-corrected chi connectivity index (χ4v) is 6.72. The zero-order valence-corrected chi connectivity index (χ0v) is 17.4. The van der Waals surface area contributed by atoms with Crippen molar-refractivity contribution in [3.63, 3.8) is 0 Å². The van der Waals surface area contributed by atoms with Crippen LogP contribution in [0.5, 0.6) is 11.5 Å². The molecular weight excluding hydrogens is 431 g/mol. The number of benzene rings is 1. The van der Waals surface area contributed by atoms with Gasteiger partial charge in [-0.15, -0.1) is 11.3 Å². The number of nitrogens with zero attached hydrogens (tertiary/aromatic N) is 1. The molecule has 1 fully saturated rings. The van der Waals surface area contributed by atoms with Gasteiger partial charge >= 0.3 is 0 Å². The zero-order chi connectivity index (χ0) is 19.0. The van der Waals surface area contributed by atoms with Crippen LogP contribution in [0.4, 0.5) is 0 Å². The van der Waals surface area contributed by atoms with Crippen molar-refractivity contribution < 1.29 is 17.9 Å². The SMILES string of the molecule is O=S(=O)(NC1CCN(Cc2ccc3c(c2)OCCO3)C1)c1cc(Cl)sc1Cl. The van der Waals surface area contributed by atoms with E-state index < -0.39 is 10.0 Å². The number of nitrogens with one attached hydrogen (secondary N) is 1. The van der Waals surface area contributed by atoms with Gasteiger partial charge in [0.2, 0.25) is 10.0 Å². The van der Waals surface area contributed by atoms with Gasteiger partial charge in [0, 0.05) is 25.7 Å². The van der Waals surface area contributed by atoms with Crippen LogP contribution in [0.15, 0.2) is 29.2 Å². The molecule has 1 aromatic carbocycles. The molecule has 2 aliphatic rings. The lowest BCUT2D eigenvalue weighted by Crippen LogP contribution is -2.36. The average Bonchev–Trinajstić information content (AvgIpc) is 3.20. The standard InChI is InChI=1S/C17H18Cl2N2O4S2/c18-16-8-15(17(19)26-16)27(22,23)20-12-3-4-21(10-12)9-11-1-2-13-14(7-11)25-6-5-24-13/h1-2,7-8,12,20H,3-6,9-10H2. The van der Waals surface area contributed by atoms with Crippen LogP contribution in [0.2, 0.25) is 8.67 Å². The minimum atomic E-state index is -3.68. The van der Waals surface area contributed by atoms with E-state index in [1.807, 2.05) is 18.2 Å². The first-order chi connectivity index (χ1) is 12.9. The Morgan fingerprint density at radius 1 is 1.19 bits per heavy atom. The van der Waals surface area contributed by atoms with Crippen LogP contribution in [0.3, 0.4) is 0 Å². The van der Waals surface area contributed by atoms with Gasteiger partial charge in [-0.05, 0) is 30.2 Å². The summed E-state index contributed by atoms with van der Waals surface area (Å²) in [5.41, 5.74) is 1.11. The summed E-state index contributed by atoms with van der Waals surface area (Å²) in [6.07, 6.45) is 0.735. The first-order valence-electron chi connectivity index (χ1n) is 8.49. The number of halogens is 2. The van der Waals surface area contributed by atoms with Crippen molar-refractivity contribution in [2.24, 2.45) is 0 Å². The van der Waals surface area contributed by atoms with Crippen molar-refractivity contribution in [1.29, 1.82) is 0 Å². The van der Waals surface area contributed by atoms with E-state index in [-0.39, 0.29) is 15.3 Å². The summed E-state index contributed by atoms with van der Waals surface area (Å²) in [4.78, 5) is 2.25. The highest BCUT2D eigenvalue weighted by Gasteiger charge is 2.29. The molecule has 0 amide bonds. The second-order valence-corrected chi connectivity index (χ2v) is 10.5. The third kappa shape index (κ3) is 4.36. The molecule has 2 aliphatic heterocycles. The van der Waals surface area contributed by atoms with Gasteiger partial charge in [-0.1, -0.05) is 29.3 Å². The average molecular weight is 449 g/mol. The van der Waals surface area contributed by atoms with E-state index in [4.69, 9.17) is 32.7 Å². The summed E-state index contributed by atoms with van der Waals surface area (Å²) in [6.45, 7) is 3.28.